The number of hydrogen-bond acceptors (Lipinski definition) is 7. The first-order chi connectivity index (χ1) is 18.5. The van der Waals surface area contributed by atoms with Gasteiger partial charge in [-0.3, -0.25) is 9.59 Å². The molecule has 0 atom stereocenters. The average molecular weight is 507 g/mol. The molecular weight excluding hydrogens is 480 g/mol. The first-order valence-electron chi connectivity index (χ1n) is 12.3. The van der Waals surface area contributed by atoms with Gasteiger partial charge in [0, 0.05) is 37.3 Å². The number of aromatic nitrogens is 3. The summed E-state index contributed by atoms with van der Waals surface area (Å²) < 4.78 is 5.47. The molecule has 0 unspecified atom stereocenters. The second-order valence-corrected chi connectivity index (χ2v) is 9.07. The van der Waals surface area contributed by atoms with Crippen LogP contribution in [0.2, 0.25) is 0 Å². The number of Topliss-reactive ketones (excluding diaryl/α,β-unsaturated/α-hetero) is 1. The van der Waals surface area contributed by atoms with Crippen molar-refractivity contribution in [3.05, 3.63) is 84.2 Å². The SMILES string of the molecule is C=C(C#N)C(=O)Nc1ccc(CC(=O)Cc2ccc(-c3cc4c(N5CCOCC5)ncnc4[nH]3)cc2)cc1. The van der Waals surface area contributed by atoms with Gasteiger partial charge in [-0.15, -0.1) is 0 Å². The van der Waals surface area contributed by atoms with E-state index in [9.17, 15) is 9.59 Å². The van der Waals surface area contributed by atoms with Gasteiger partial charge in [-0.2, -0.15) is 5.26 Å². The van der Waals surface area contributed by atoms with Gasteiger partial charge in [0.05, 0.1) is 18.6 Å². The molecular formula is C29H26N6O3. The van der Waals surface area contributed by atoms with E-state index in [-0.39, 0.29) is 17.8 Å². The molecule has 9 nitrogen and oxygen atoms in total. The van der Waals surface area contributed by atoms with E-state index in [2.05, 4.69) is 37.8 Å². The fourth-order valence-electron chi connectivity index (χ4n) is 4.39. The van der Waals surface area contributed by atoms with Crippen LogP contribution in [-0.2, 0) is 27.2 Å². The first-order valence-corrected chi connectivity index (χ1v) is 12.3. The molecule has 0 bridgehead atoms. The van der Waals surface area contributed by atoms with Crippen molar-refractivity contribution in [3.63, 3.8) is 0 Å². The highest BCUT2D eigenvalue weighted by atomic mass is 16.5. The van der Waals surface area contributed by atoms with Crippen LogP contribution in [0.5, 0.6) is 0 Å². The second-order valence-electron chi connectivity index (χ2n) is 9.07. The van der Waals surface area contributed by atoms with Crippen molar-refractivity contribution >= 4 is 34.2 Å². The standard InChI is InChI=1S/C29H26N6O3/c1-19(17-30)29(37)33-23-8-4-21(5-9-23)15-24(36)14-20-2-6-22(7-3-20)26-16-25-27(34-26)31-18-32-28(25)35-10-12-38-13-11-35/h2-9,16,18H,1,10-15H2,(H,33,37)(H,31,32,34). The number of fused-ring (bicyclic) bond motifs is 1. The Labute approximate surface area is 219 Å². The summed E-state index contributed by atoms with van der Waals surface area (Å²) in [4.78, 5) is 39.0. The lowest BCUT2D eigenvalue weighted by Gasteiger charge is -2.27. The fourth-order valence-corrected chi connectivity index (χ4v) is 4.39. The number of hydrogen-bond donors (Lipinski definition) is 2. The molecule has 1 saturated heterocycles. The van der Waals surface area contributed by atoms with Crippen LogP contribution in [0.4, 0.5) is 11.5 Å². The molecule has 3 heterocycles. The molecule has 0 saturated carbocycles. The highest BCUT2D eigenvalue weighted by Crippen LogP contribution is 2.29. The number of benzene rings is 2. The predicted molar refractivity (Wildman–Crippen MR) is 145 cm³/mol. The molecule has 1 aliphatic rings. The molecule has 0 aliphatic carbocycles. The Kier molecular flexibility index (Phi) is 7.24. The zero-order chi connectivity index (χ0) is 26.5. The minimum absolute atomic E-state index is 0.0865. The topological polar surface area (TPSA) is 124 Å². The molecule has 1 fully saturated rings. The highest BCUT2D eigenvalue weighted by Gasteiger charge is 2.17. The van der Waals surface area contributed by atoms with Crippen LogP contribution in [0.1, 0.15) is 11.1 Å². The van der Waals surface area contributed by atoms with Crippen molar-refractivity contribution in [2.75, 3.05) is 36.5 Å². The summed E-state index contributed by atoms with van der Waals surface area (Å²) in [6.07, 6.45) is 2.18. The maximum absolute atomic E-state index is 12.7. The number of carbonyl (C=O) groups excluding carboxylic acids is 2. The summed E-state index contributed by atoms with van der Waals surface area (Å²) in [6.45, 7) is 6.36. The van der Waals surface area contributed by atoms with Gasteiger partial charge >= 0.3 is 0 Å². The zero-order valence-electron chi connectivity index (χ0n) is 20.7. The van der Waals surface area contributed by atoms with Gasteiger partial charge in [0.2, 0.25) is 0 Å². The number of amides is 1. The maximum atomic E-state index is 12.7. The molecule has 4 aromatic rings. The molecule has 38 heavy (non-hydrogen) atoms. The van der Waals surface area contributed by atoms with Crippen molar-refractivity contribution < 1.29 is 14.3 Å². The Morgan fingerprint density at radius 1 is 1.03 bits per heavy atom. The fraction of sp³-hybridized carbons (Fsp3) is 0.207. The number of ether oxygens (including phenoxy) is 1. The van der Waals surface area contributed by atoms with Crippen LogP contribution in [0.3, 0.4) is 0 Å². The smallest absolute Gasteiger partial charge is 0.265 e. The molecule has 2 aromatic carbocycles. The van der Waals surface area contributed by atoms with Crippen molar-refractivity contribution in [1.29, 1.82) is 5.26 Å². The normalized spacial score (nSPS) is 13.2. The van der Waals surface area contributed by atoms with Gasteiger partial charge in [0.25, 0.3) is 5.91 Å². The largest absolute Gasteiger partial charge is 0.378 e. The number of nitrogens with one attached hydrogen (secondary N) is 2. The Bertz CT molecular complexity index is 1530. The quantitative estimate of drug-likeness (QED) is 0.275. The third kappa shape index (κ3) is 5.61. The molecule has 1 amide bonds. The third-order valence-electron chi connectivity index (χ3n) is 6.40. The minimum Gasteiger partial charge on any atom is -0.378 e. The summed E-state index contributed by atoms with van der Waals surface area (Å²) in [5, 5.41) is 12.3. The van der Waals surface area contributed by atoms with Gasteiger partial charge in [-0.1, -0.05) is 43.0 Å². The van der Waals surface area contributed by atoms with Gasteiger partial charge in [-0.05, 0) is 34.9 Å². The molecule has 5 rings (SSSR count). The molecule has 2 N–H and O–H groups in total. The van der Waals surface area contributed by atoms with Gasteiger partial charge in [0.1, 0.15) is 35.2 Å². The minimum atomic E-state index is -0.544. The Balaban J connectivity index is 1.22. The van der Waals surface area contributed by atoms with Crippen LogP contribution in [-0.4, -0.2) is 52.9 Å². The summed E-state index contributed by atoms with van der Waals surface area (Å²) in [5.41, 5.74) is 4.89. The number of H-pyrrole nitrogens is 1. The van der Waals surface area contributed by atoms with Gasteiger partial charge < -0.3 is 19.9 Å². The van der Waals surface area contributed by atoms with E-state index in [0.717, 1.165) is 52.3 Å². The van der Waals surface area contributed by atoms with E-state index >= 15 is 0 Å². The molecule has 0 spiro atoms. The van der Waals surface area contributed by atoms with Crippen LogP contribution < -0.4 is 10.2 Å². The van der Waals surface area contributed by atoms with Crippen molar-refractivity contribution in [2.24, 2.45) is 0 Å². The van der Waals surface area contributed by atoms with Crippen LogP contribution >= 0.6 is 0 Å². The number of aromatic amines is 1. The molecule has 190 valence electrons. The van der Waals surface area contributed by atoms with Gasteiger partial charge in [0.15, 0.2) is 0 Å². The molecule has 2 aromatic heterocycles. The van der Waals surface area contributed by atoms with E-state index in [0.29, 0.717) is 25.3 Å². The van der Waals surface area contributed by atoms with Crippen LogP contribution in [0, 0.1) is 11.3 Å². The number of nitrogens with zero attached hydrogens (tertiary/aromatic N) is 4. The van der Waals surface area contributed by atoms with Crippen molar-refractivity contribution in [2.45, 2.75) is 12.8 Å². The summed E-state index contributed by atoms with van der Waals surface area (Å²) in [5.74, 6) is 0.451. The number of nitriles is 1. The summed E-state index contributed by atoms with van der Waals surface area (Å²) in [7, 11) is 0. The second kappa shape index (κ2) is 11.1. The molecule has 1 aliphatic heterocycles. The number of carbonyl (C=O) groups is 2. The zero-order valence-corrected chi connectivity index (χ0v) is 20.7. The van der Waals surface area contributed by atoms with E-state index in [1.54, 1.807) is 36.7 Å². The Morgan fingerprint density at radius 2 is 1.68 bits per heavy atom. The van der Waals surface area contributed by atoms with E-state index in [4.69, 9.17) is 10.00 Å². The van der Waals surface area contributed by atoms with Crippen LogP contribution in [0.15, 0.2) is 73.1 Å². The number of morpholine rings is 1. The van der Waals surface area contributed by atoms with Gasteiger partial charge in [-0.25, -0.2) is 9.97 Å². The predicted octanol–water partition coefficient (Wildman–Crippen LogP) is 3.83. The van der Waals surface area contributed by atoms with Crippen molar-refractivity contribution in [3.8, 4) is 17.3 Å². The molecule has 0 radical (unpaired) electrons. The summed E-state index contributed by atoms with van der Waals surface area (Å²) >= 11 is 0. The average Bonchev–Trinajstić information content (AvgIpc) is 3.39. The maximum Gasteiger partial charge on any atom is 0.265 e. The number of rotatable bonds is 8. The van der Waals surface area contributed by atoms with E-state index in [1.807, 2.05) is 24.3 Å². The Morgan fingerprint density at radius 3 is 2.34 bits per heavy atom. The van der Waals surface area contributed by atoms with E-state index in [1.165, 1.54) is 0 Å². The van der Waals surface area contributed by atoms with Crippen molar-refractivity contribution in [1.82, 2.24) is 15.0 Å². The number of ketones is 1. The first kappa shape index (κ1) is 24.9. The monoisotopic (exact) mass is 506 g/mol. The number of anilines is 2. The Hall–Kier alpha value is -4.81. The third-order valence-corrected chi connectivity index (χ3v) is 6.40. The lowest BCUT2D eigenvalue weighted by Crippen LogP contribution is -2.36. The van der Waals surface area contributed by atoms with E-state index < -0.39 is 5.91 Å². The van der Waals surface area contributed by atoms with Crippen LogP contribution in [0.25, 0.3) is 22.3 Å². The molecule has 9 heteroatoms. The highest BCUT2D eigenvalue weighted by molar-refractivity contribution is 6.06. The summed E-state index contributed by atoms with van der Waals surface area (Å²) in [6, 6.07) is 18.7. The lowest BCUT2D eigenvalue weighted by atomic mass is 10.0. The lowest BCUT2D eigenvalue weighted by molar-refractivity contribution is -0.117.